The van der Waals surface area contributed by atoms with Crippen molar-refractivity contribution in [2.45, 2.75) is 37.9 Å². The van der Waals surface area contributed by atoms with Crippen LogP contribution < -0.4 is 0 Å². The number of rotatable bonds is 2. The Bertz CT molecular complexity index is 638. The standard InChI is InChI=1S/C16H18N2O3/c1-18-9-10(8-17)7-12(18)15(19)21-14-11-3-6-20-13(11)16(14)4-2-5-16/h7,9,11,13-14H,2-6H2,1H3/t11-,13-,14+/m0/s1. The van der Waals surface area contributed by atoms with E-state index >= 15 is 0 Å². The fourth-order valence-corrected chi connectivity index (χ4v) is 4.34. The fraction of sp³-hybridized carbons (Fsp3) is 0.625. The summed E-state index contributed by atoms with van der Waals surface area (Å²) in [7, 11) is 1.76. The lowest BCUT2D eigenvalue weighted by atomic mass is 9.47. The largest absolute Gasteiger partial charge is 0.457 e. The van der Waals surface area contributed by atoms with Crippen LogP contribution in [0.4, 0.5) is 0 Å². The van der Waals surface area contributed by atoms with Gasteiger partial charge in [-0.1, -0.05) is 6.42 Å². The van der Waals surface area contributed by atoms with E-state index in [2.05, 4.69) is 6.07 Å². The molecule has 2 aliphatic carbocycles. The number of nitrogens with zero attached hydrogens (tertiary/aromatic N) is 2. The van der Waals surface area contributed by atoms with E-state index in [1.165, 1.54) is 6.42 Å². The third-order valence-electron chi connectivity index (χ3n) is 5.52. The number of nitriles is 1. The Morgan fingerprint density at radius 3 is 3.00 bits per heavy atom. The molecule has 1 aliphatic heterocycles. The van der Waals surface area contributed by atoms with Crippen LogP contribution in [0.15, 0.2) is 12.3 Å². The highest BCUT2D eigenvalue weighted by atomic mass is 16.6. The third kappa shape index (κ3) is 1.63. The summed E-state index contributed by atoms with van der Waals surface area (Å²) in [5.74, 6) is 0.0468. The van der Waals surface area contributed by atoms with Crippen LogP contribution in [0.2, 0.25) is 0 Å². The number of fused-ring (bicyclic) bond motifs is 2. The van der Waals surface area contributed by atoms with E-state index in [9.17, 15) is 4.79 Å². The summed E-state index contributed by atoms with van der Waals surface area (Å²) in [6.07, 6.45) is 6.33. The van der Waals surface area contributed by atoms with E-state index in [1.54, 1.807) is 23.9 Å². The number of carbonyl (C=O) groups is 1. The van der Waals surface area contributed by atoms with E-state index in [0.29, 0.717) is 23.3 Å². The van der Waals surface area contributed by atoms with Crippen molar-refractivity contribution in [2.24, 2.45) is 18.4 Å². The number of hydrogen-bond acceptors (Lipinski definition) is 4. The molecule has 3 aliphatic rings. The van der Waals surface area contributed by atoms with Crippen molar-refractivity contribution in [1.82, 2.24) is 4.57 Å². The Kier molecular flexibility index (Phi) is 2.67. The van der Waals surface area contributed by atoms with Crippen LogP contribution in [0, 0.1) is 22.7 Å². The van der Waals surface area contributed by atoms with Crippen molar-refractivity contribution in [3.05, 3.63) is 23.5 Å². The van der Waals surface area contributed by atoms with Gasteiger partial charge in [-0.25, -0.2) is 4.79 Å². The summed E-state index contributed by atoms with van der Waals surface area (Å²) in [4.78, 5) is 12.4. The van der Waals surface area contributed by atoms with Gasteiger partial charge in [0, 0.05) is 31.2 Å². The lowest BCUT2D eigenvalue weighted by molar-refractivity contribution is -0.234. The number of hydrogen-bond donors (Lipinski definition) is 0. The van der Waals surface area contributed by atoms with Crippen molar-refractivity contribution in [1.29, 1.82) is 5.26 Å². The molecule has 3 atom stereocenters. The van der Waals surface area contributed by atoms with Crippen molar-refractivity contribution >= 4 is 5.97 Å². The molecule has 4 rings (SSSR count). The molecule has 0 amide bonds. The molecule has 1 saturated heterocycles. The van der Waals surface area contributed by atoms with Gasteiger partial charge in [-0.3, -0.25) is 0 Å². The average Bonchev–Trinajstić information content (AvgIpc) is 2.99. The maximum atomic E-state index is 12.4. The molecular weight excluding hydrogens is 268 g/mol. The van der Waals surface area contributed by atoms with Crippen LogP contribution in [0.25, 0.3) is 0 Å². The summed E-state index contributed by atoms with van der Waals surface area (Å²) in [6, 6.07) is 3.65. The molecule has 0 radical (unpaired) electrons. The quantitative estimate of drug-likeness (QED) is 0.780. The predicted molar refractivity (Wildman–Crippen MR) is 73.5 cm³/mol. The van der Waals surface area contributed by atoms with E-state index in [-0.39, 0.29) is 17.5 Å². The van der Waals surface area contributed by atoms with E-state index in [1.807, 2.05) is 0 Å². The van der Waals surface area contributed by atoms with Crippen LogP contribution in [0.3, 0.4) is 0 Å². The van der Waals surface area contributed by atoms with Gasteiger partial charge in [0.05, 0.1) is 11.7 Å². The maximum Gasteiger partial charge on any atom is 0.355 e. The zero-order valence-electron chi connectivity index (χ0n) is 12.0. The molecule has 0 aromatic carbocycles. The summed E-state index contributed by atoms with van der Waals surface area (Å²) in [6.45, 7) is 0.786. The summed E-state index contributed by atoms with van der Waals surface area (Å²) in [5, 5.41) is 8.92. The minimum atomic E-state index is -0.319. The second-order valence-corrected chi connectivity index (χ2v) is 6.49. The summed E-state index contributed by atoms with van der Waals surface area (Å²) in [5.41, 5.74) is 1.02. The minimum absolute atomic E-state index is 0.00770. The molecule has 0 N–H and O–H groups in total. The van der Waals surface area contributed by atoms with Gasteiger partial charge >= 0.3 is 5.97 Å². The number of aryl methyl sites for hydroxylation is 1. The minimum Gasteiger partial charge on any atom is -0.457 e. The van der Waals surface area contributed by atoms with Crippen LogP contribution in [0.1, 0.15) is 41.7 Å². The highest BCUT2D eigenvalue weighted by Gasteiger charge is 2.68. The normalized spacial score (nSPS) is 31.9. The smallest absolute Gasteiger partial charge is 0.355 e. The molecule has 21 heavy (non-hydrogen) atoms. The van der Waals surface area contributed by atoms with Crippen molar-refractivity contribution in [3.63, 3.8) is 0 Å². The maximum absolute atomic E-state index is 12.4. The van der Waals surface area contributed by atoms with Crippen molar-refractivity contribution < 1.29 is 14.3 Å². The molecule has 3 fully saturated rings. The molecule has 5 nitrogen and oxygen atoms in total. The zero-order chi connectivity index (χ0) is 14.6. The molecule has 110 valence electrons. The number of esters is 1. The van der Waals surface area contributed by atoms with Gasteiger partial charge in [-0.2, -0.15) is 5.26 Å². The van der Waals surface area contributed by atoms with Gasteiger partial charge < -0.3 is 14.0 Å². The molecule has 2 heterocycles. The Hall–Kier alpha value is -1.80. The molecule has 5 heteroatoms. The van der Waals surface area contributed by atoms with Crippen LogP contribution >= 0.6 is 0 Å². The highest BCUT2D eigenvalue weighted by molar-refractivity contribution is 5.88. The van der Waals surface area contributed by atoms with Gasteiger partial charge in [0.1, 0.15) is 17.9 Å². The summed E-state index contributed by atoms with van der Waals surface area (Å²) >= 11 is 0. The van der Waals surface area contributed by atoms with Gasteiger partial charge in [0.25, 0.3) is 0 Å². The highest BCUT2D eigenvalue weighted by Crippen LogP contribution is 2.64. The SMILES string of the molecule is Cn1cc(C#N)cc1C(=O)O[C@@H]1[C@H]2CCO[C@@H]2C12CCC2. The first-order valence-electron chi connectivity index (χ1n) is 7.55. The molecule has 1 aromatic rings. The monoisotopic (exact) mass is 286 g/mol. The Morgan fingerprint density at radius 1 is 1.57 bits per heavy atom. The number of carbonyl (C=O) groups excluding carboxylic acids is 1. The van der Waals surface area contributed by atoms with Gasteiger partial charge in [-0.05, 0) is 25.3 Å². The van der Waals surface area contributed by atoms with E-state index in [4.69, 9.17) is 14.7 Å². The molecule has 1 spiro atoms. The summed E-state index contributed by atoms with van der Waals surface area (Å²) < 4.78 is 13.3. The zero-order valence-corrected chi connectivity index (χ0v) is 12.0. The Morgan fingerprint density at radius 2 is 2.38 bits per heavy atom. The lowest BCUT2D eigenvalue weighted by Gasteiger charge is -2.61. The van der Waals surface area contributed by atoms with Crippen molar-refractivity contribution in [2.75, 3.05) is 6.61 Å². The lowest BCUT2D eigenvalue weighted by Crippen LogP contribution is -2.67. The topological polar surface area (TPSA) is 64.2 Å². The van der Waals surface area contributed by atoms with Crippen LogP contribution in [0.5, 0.6) is 0 Å². The Labute approximate surface area is 123 Å². The first-order valence-corrected chi connectivity index (χ1v) is 7.55. The number of aromatic nitrogens is 1. The fourth-order valence-electron chi connectivity index (χ4n) is 4.34. The van der Waals surface area contributed by atoms with Crippen LogP contribution in [-0.2, 0) is 16.5 Å². The molecule has 1 aromatic heterocycles. The van der Waals surface area contributed by atoms with E-state index < -0.39 is 0 Å². The third-order valence-corrected chi connectivity index (χ3v) is 5.52. The molecular formula is C16H18N2O3. The van der Waals surface area contributed by atoms with Gasteiger partial charge in [-0.15, -0.1) is 0 Å². The molecule has 2 saturated carbocycles. The average molecular weight is 286 g/mol. The van der Waals surface area contributed by atoms with Gasteiger partial charge in [0.15, 0.2) is 0 Å². The second-order valence-electron chi connectivity index (χ2n) is 6.49. The molecule has 0 unspecified atom stereocenters. The van der Waals surface area contributed by atoms with Crippen LogP contribution in [-0.4, -0.2) is 29.4 Å². The van der Waals surface area contributed by atoms with Gasteiger partial charge in [0.2, 0.25) is 0 Å². The Balaban J connectivity index is 1.54. The second kappa shape index (κ2) is 4.35. The number of ether oxygens (including phenoxy) is 2. The first-order chi connectivity index (χ1) is 10.2. The van der Waals surface area contributed by atoms with E-state index in [0.717, 1.165) is 25.9 Å². The van der Waals surface area contributed by atoms with Crippen molar-refractivity contribution in [3.8, 4) is 6.07 Å². The first kappa shape index (κ1) is 12.9. The molecule has 0 bridgehead atoms. The predicted octanol–water partition coefficient (Wildman–Crippen LogP) is 2.01.